The van der Waals surface area contributed by atoms with Gasteiger partial charge in [-0.25, -0.2) is 0 Å². The predicted molar refractivity (Wildman–Crippen MR) is 88.5 cm³/mol. The molecule has 2 rings (SSSR count). The van der Waals surface area contributed by atoms with Crippen LogP contribution in [-0.4, -0.2) is 26.6 Å². The van der Waals surface area contributed by atoms with E-state index in [0.29, 0.717) is 11.6 Å². The lowest BCUT2D eigenvalue weighted by Gasteiger charge is -2.14. The van der Waals surface area contributed by atoms with Crippen LogP contribution >= 0.6 is 11.6 Å². The maximum atomic E-state index is 12.0. The predicted octanol–water partition coefficient (Wildman–Crippen LogP) is 2.00. The van der Waals surface area contributed by atoms with Crippen molar-refractivity contribution in [1.29, 1.82) is 0 Å². The highest BCUT2D eigenvalue weighted by Gasteiger charge is 2.11. The Labute approximate surface area is 135 Å². The Balaban J connectivity index is 1.86. The van der Waals surface area contributed by atoms with E-state index in [1.54, 1.807) is 31.4 Å². The number of carbonyl (C=O) groups excluding carboxylic acids is 1. The standard InChI is InChI=1S/C17H19ClN2O2/c1-20(11-13-4-3-5-16(10-13)22-2)12-17(21)19-15-8-6-14(18)7-9-15/h3-10H,11-12H2,1-2H3,(H,19,21)/p+1. The second-order valence-electron chi connectivity index (χ2n) is 5.22. The molecule has 0 fully saturated rings. The van der Waals surface area contributed by atoms with E-state index in [2.05, 4.69) is 5.32 Å². The molecule has 0 aromatic heterocycles. The second-order valence-corrected chi connectivity index (χ2v) is 5.65. The third-order valence-electron chi connectivity index (χ3n) is 3.23. The minimum absolute atomic E-state index is 0.0253. The van der Waals surface area contributed by atoms with E-state index in [-0.39, 0.29) is 5.91 Å². The summed E-state index contributed by atoms with van der Waals surface area (Å²) < 4.78 is 5.21. The van der Waals surface area contributed by atoms with Gasteiger partial charge in [-0.15, -0.1) is 0 Å². The molecule has 1 unspecified atom stereocenters. The first-order valence-corrected chi connectivity index (χ1v) is 7.44. The molecule has 0 heterocycles. The normalized spacial score (nSPS) is 11.8. The van der Waals surface area contributed by atoms with Crippen molar-refractivity contribution >= 4 is 23.2 Å². The van der Waals surface area contributed by atoms with Crippen molar-refractivity contribution in [3.8, 4) is 5.75 Å². The fraction of sp³-hybridized carbons (Fsp3) is 0.235. The summed E-state index contributed by atoms with van der Waals surface area (Å²) in [5.41, 5.74) is 1.89. The Morgan fingerprint density at radius 1 is 1.23 bits per heavy atom. The Hall–Kier alpha value is -2.04. The average Bonchev–Trinajstić information content (AvgIpc) is 2.49. The topological polar surface area (TPSA) is 42.8 Å². The van der Waals surface area contributed by atoms with Crippen LogP contribution in [0.2, 0.25) is 5.02 Å². The van der Waals surface area contributed by atoms with E-state index in [1.807, 2.05) is 31.3 Å². The van der Waals surface area contributed by atoms with E-state index < -0.39 is 0 Å². The van der Waals surface area contributed by atoms with Crippen LogP contribution in [0.4, 0.5) is 5.69 Å². The highest BCUT2D eigenvalue weighted by molar-refractivity contribution is 6.30. The highest BCUT2D eigenvalue weighted by Crippen LogP contribution is 2.13. The zero-order valence-electron chi connectivity index (χ0n) is 12.7. The molecule has 0 spiro atoms. The van der Waals surface area contributed by atoms with Crippen molar-refractivity contribution in [2.75, 3.05) is 26.0 Å². The molecule has 22 heavy (non-hydrogen) atoms. The molecule has 0 bridgehead atoms. The molecule has 0 aliphatic heterocycles. The molecule has 1 atom stereocenters. The van der Waals surface area contributed by atoms with Crippen molar-refractivity contribution in [1.82, 2.24) is 0 Å². The highest BCUT2D eigenvalue weighted by atomic mass is 35.5. The minimum atomic E-state index is -0.0253. The average molecular weight is 320 g/mol. The number of hydrogen-bond acceptors (Lipinski definition) is 2. The first-order valence-electron chi connectivity index (χ1n) is 7.06. The molecule has 0 aliphatic rings. The quantitative estimate of drug-likeness (QED) is 0.855. The van der Waals surface area contributed by atoms with Crippen LogP contribution in [0.3, 0.4) is 0 Å². The molecule has 2 aromatic carbocycles. The van der Waals surface area contributed by atoms with Crippen LogP contribution in [0.1, 0.15) is 5.56 Å². The zero-order chi connectivity index (χ0) is 15.9. The van der Waals surface area contributed by atoms with Gasteiger partial charge in [0.25, 0.3) is 5.91 Å². The van der Waals surface area contributed by atoms with E-state index in [4.69, 9.17) is 16.3 Å². The van der Waals surface area contributed by atoms with Crippen molar-refractivity contribution in [2.45, 2.75) is 6.54 Å². The number of rotatable bonds is 6. The number of carbonyl (C=O) groups is 1. The SMILES string of the molecule is COc1cccc(C[NH+](C)CC(=O)Nc2ccc(Cl)cc2)c1. The number of anilines is 1. The third kappa shape index (κ3) is 5.06. The Morgan fingerprint density at radius 3 is 2.64 bits per heavy atom. The zero-order valence-corrected chi connectivity index (χ0v) is 13.5. The van der Waals surface area contributed by atoms with Gasteiger partial charge in [0, 0.05) is 16.3 Å². The monoisotopic (exact) mass is 319 g/mol. The Morgan fingerprint density at radius 2 is 1.95 bits per heavy atom. The molecule has 0 aliphatic carbocycles. The number of benzene rings is 2. The molecule has 116 valence electrons. The molecular weight excluding hydrogens is 300 g/mol. The smallest absolute Gasteiger partial charge is 0.279 e. The largest absolute Gasteiger partial charge is 0.497 e. The van der Waals surface area contributed by atoms with E-state index in [0.717, 1.165) is 28.4 Å². The van der Waals surface area contributed by atoms with E-state index in [1.165, 1.54) is 0 Å². The van der Waals surface area contributed by atoms with Gasteiger partial charge in [0.15, 0.2) is 6.54 Å². The summed E-state index contributed by atoms with van der Waals surface area (Å²) >= 11 is 5.82. The summed E-state index contributed by atoms with van der Waals surface area (Å²) in [6.07, 6.45) is 0. The van der Waals surface area contributed by atoms with Crippen molar-refractivity contribution in [3.63, 3.8) is 0 Å². The van der Waals surface area contributed by atoms with Crippen molar-refractivity contribution in [2.24, 2.45) is 0 Å². The summed E-state index contributed by atoms with van der Waals surface area (Å²) in [4.78, 5) is 13.1. The molecule has 0 saturated heterocycles. The van der Waals surface area contributed by atoms with E-state index in [9.17, 15) is 4.79 Å². The molecule has 1 amide bonds. The number of likely N-dealkylation sites (N-methyl/N-ethyl adjacent to an activating group) is 1. The van der Waals surface area contributed by atoms with Gasteiger partial charge in [-0.3, -0.25) is 4.79 Å². The van der Waals surface area contributed by atoms with Crippen LogP contribution in [0.5, 0.6) is 5.75 Å². The van der Waals surface area contributed by atoms with E-state index >= 15 is 0 Å². The second kappa shape index (κ2) is 7.82. The molecule has 5 heteroatoms. The summed E-state index contributed by atoms with van der Waals surface area (Å²) in [5.74, 6) is 0.804. The summed E-state index contributed by atoms with van der Waals surface area (Å²) in [6, 6.07) is 15.0. The van der Waals surface area contributed by atoms with Crippen LogP contribution < -0.4 is 15.0 Å². The van der Waals surface area contributed by atoms with Crippen molar-refractivity contribution < 1.29 is 14.4 Å². The van der Waals surface area contributed by atoms with Gasteiger partial charge in [0.1, 0.15) is 12.3 Å². The first-order chi connectivity index (χ1) is 10.6. The van der Waals surface area contributed by atoms with Gasteiger partial charge in [0.2, 0.25) is 0 Å². The lowest BCUT2D eigenvalue weighted by atomic mass is 10.2. The van der Waals surface area contributed by atoms with Gasteiger partial charge < -0.3 is 15.0 Å². The summed E-state index contributed by atoms with van der Waals surface area (Å²) in [5, 5.41) is 3.52. The summed E-state index contributed by atoms with van der Waals surface area (Å²) in [6.45, 7) is 1.14. The maximum Gasteiger partial charge on any atom is 0.279 e. The Kier molecular flexibility index (Phi) is 5.81. The molecule has 0 saturated carbocycles. The van der Waals surface area contributed by atoms with Crippen LogP contribution in [0.25, 0.3) is 0 Å². The lowest BCUT2D eigenvalue weighted by molar-refractivity contribution is -0.885. The first kappa shape index (κ1) is 16.3. The fourth-order valence-electron chi connectivity index (χ4n) is 2.21. The van der Waals surface area contributed by atoms with Gasteiger partial charge in [-0.2, -0.15) is 0 Å². The molecular formula is C17H20ClN2O2+. The van der Waals surface area contributed by atoms with Gasteiger partial charge in [-0.1, -0.05) is 23.7 Å². The third-order valence-corrected chi connectivity index (χ3v) is 3.48. The number of ether oxygens (including phenoxy) is 1. The molecule has 0 radical (unpaired) electrons. The number of quaternary nitrogens is 1. The lowest BCUT2D eigenvalue weighted by Crippen LogP contribution is -3.08. The summed E-state index contributed by atoms with van der Waals surface area (Å²) in [7, 11) is 3.64. The molecule has 2 N–H and O–H groups in total. The fourth-order valence-corrected chi connectivity index (χ4v) is 2.33. The molecule has 2 aromatic rings. The van der Waals surface area contributed by atoms with Crippen LogP contribution in [0.15, 0.2) is 48.5 Å². The number of nitrogens with one attached hydrogen (secondary N) is 2. The number of methoxy groups -OCH3 is 1. The Bertz CT molecular complexity index is 629. The minimum Gasteiger partial charge on any atom is -0.497 e. The number of amides is 1. The van der Waals surface area contributed by atoms with Crippen LogP contribution in [0, 0.1) is 0 Å². The van der Waals surface area contributed by atoms with Gasteiger partial charge in [-0.05, 0) is 36.4 Å². The van der Waals surface area contributed by atoms with Crippen molar-refractivity contribution in [3.05, 3.63) is 59.1 Å². The number of hydrogen-bond donors (Lipinski definition) is 2. The van der Waals surface area contributed by atoms with Gasteiger partial charge >= 0.3 is 0 Å². The molecule has 4 nitrogen and oxygen atoms in total. The number of halogens is 1. The van der Waals surface area contributed by atoms with Crippen LogP contribution in [-0.2, 0) is 11.3 Å². The maximum absolute atomic E-state index is 12.0. The van der Waals surface area contributed by atoms with Gasteiger partial charge in [0.05, 0.1) is 14.2 Å².